The minimum absolute atomic E-state index is 0.0371. The van der Waals surface area contributed by atoms with E-state index in [1.165, 1.54) is 0 Å². The Morgan fingerprint density at radius 1 is 1.08 bits per heavy atom. The summed E-state index contributed by atoms with van der Waals surface area (Å²) >= 11 is 0. The summed E-state index contributed by atoms with van der Waals surface area (Å²) in [5, 5.41) is 10.4. The summed E-state index contributed by atoms with van der Waals surface area (Å²) in [6.45, 7) is 3.20. The number of ether oxygens (including phenoxy) is 1. The molecule has 2 fully saturated rings. The number of nitrogens with zero attached hydrogens (tertiary/aromatic N) is 2. The molecule has 1 heterocycles. The molecule has 1 aliphatic heterocycles. The van der Waals surface area contributed by atoms with Crippen LogP contribution in [0.15, 0.2) is 29.2 Å². The van der Waals surface area contributed by atoms with Gasteiger partial charge in [0.05, 0.1) is 12.0 Å². The van der Waals surface area contributed by atoms with Crippen molar-refractivity contribution in [3.63, 3.8) is 0 Å². The first-order valence-corrected chi connectivity index (χ1v) is 13.4. The number of benzene rings is 1. The van der Waals surface area contributed by atoms with Crippen LogP contribution >= 0.6 is 0 Å². The maximum atomic E-state index is 13.5. The molecule has 0 spiro atoms. The van der Waals surface area contributed by atoms with Crippen LogP contribution in [-0.2, 0) is 19.6 Å². The molecule has 1 aromatic carbocycles. The number of carbonyl (C=O) groups is 2. The molecule has 1 amide bonds. The number of amides is 1. The smallest absolute Gasteiger partial charge is 0.490 e. The number of carboxylic acids is 1. The number of rotatable bonds is 7. The van der Waals surface area contributed by atoms with Gasteiger partial charge in [0, 0.05) is 45.2 Å². The second kappa shape index (κ2) is 13.8. The van der Waals surface area contributed by atoms with E-state index in [2.05, 4.69) is 5.32 Å². The van der Waals surface area contributed by atoms with Crippen LogP contribution in [0.5, 0.6) is 5.75 Å². The molecule has 1 aliphatic carbocycles. The molecule has 0 bridgehead atoms. The molecule has 0 radical (unpaired) electrons. The molecule has 204 valence electrons. The zero-order valence-electron chi connectivity index (χ0n) is 20.3. The molecular weight excluding hydrogens is 503 g/mol. The van der Waals surface area contributed by atoms with Crippen LogP contribution in [0.4, 0.5) is 13.2 Å². The van der Waals surface area contributed by atoms with Gasteiger partial charge in [0.25, 0.3) is 0 Å². The number of hydrogen-bond acceptors (Lipinski definition) is 6. The Morgan fingerprint density at radius 2 is 1.61 bits per heavy atom. The molecular formula is C23H34F3N3O6S. The van der Waals surface area contributed by atoms with Crippen molar-refractivity contribution < 1.29 is 41.0 Å². The van der Waals surface area contributed by atoms with Gasteiger partial charge in [-0.15, -0.1) is 0 Å². The molecule has 1 aromatic rings. The summed E-state index contributed by atoms with van der Waals surface area (Å²) in [4.78, 5) is 23.7. The van der Waals surface area contributed by atoms with E-state index < -0.39 is 22.2 Å². The van der Waals surface area contributed by atoms with Gasteiger partial charge in [-0.3, -0.25) is 4.79 Å². The van der Waals surface area contributed by atoms with Gasteiger partial charge >= 0.3 is 12.1 Å². The van der Waals surface area contributed by atoms with Gasteiger partial charge < -0.3 is 20.1 Å². The number of aliphatic carboxylic acids is 1. The maximum Gasteiger partial charge on any atom is 0.490 e. The third-order valence-corrected chi connectivity index (χ3v) is 8.12. The number of halogens is 3. The zero-order valence-corrected chi connectivity index (χ0v) is 21.1. The third-order valence-electron chi connectivity index (χ3n) is 6.16. The summed E-state index contributed by atoms with van der Waals surface area (Å²) in [5.41, 5.74) is 0. The van der Waals surface area contributed by atoms with Crippen LogP contribution in [0.1, 0.15) is 44.9 Å². The fraction of sp³-hybridized carbons (Fsp3) is 0.652. The third kappa shape index (κ3) is 8.93. The highest BCUT2D eigenvalue weighted by Crippen LogP contribution is 2.28. The lowest BCUT2D eigenvalue weighted by molar-refractivity contribution is -0.192. The fourth-order valence-electron chi connectivity index (χ4n) is 4.21. The number of nitrogens with one attached hydrogen (secondary N) is 1. The summed E-state index contributed by atoms with van der Waals surface area (Å²) in [6, 6.07) is 6.49. The maximum absolute atomic E-state index is 13.5. The Bertz CT molecular complexity index is 943. The standard InChI is InChI=1S/C21H33N3O4S.C2HF3O2/c1-28-19-8-10-20(11-9-19)29(26,27)24(18-6-4-2-3-5-7-18)15-12-21(25)23-16-13-22-14-17-23;3-2(4,5)1(6)7/h8-11,18,22H,2-7,12-17H2,1H3;(H,6,7). The van der Waals surface area contributed by atoms with Crippen molar-refractivity contribution >= 4 is 21.9 Å². The summed E-state index contributed by atoms with van der Waals surface area (Å²) < 4.78 is 65.5. The molecule has 9 nitrogen and oxygen atoms in total. The van der Waals surface area contributed by atoms with Crippen molar-refractivity contribution in [2.45, 2.75) is 62.1 Å². The molecule has 0 unspecified atom stereocenters. The number of hydrogen-bond donors (Lipinski definition) is 2. The molecule has 36 heavy (non-hydrogen) atoms. The van der Waals surface area contributed by atoms with Gasteiger partial charge in [0.15, 0.2) is 0 Å². The highest BCUT2D eigenvalue weighted by atomic mass is 32.2. The summed E-state index contributed by atoms with van der Waals surface area (Å²) in [7, 11) is -2.11. The monoisotopic (exact) mass is 537 g/mol. The largest absolute Gasteiger partial charge is 0.497 e. The second-order valence-electron chi connectivity index (χ2n) is 8.62. The van der Waals surface area contributed by atoms with Crippen molar-refractivity contribution in [3.8, 4) is 5.75 Å². The molecule has 1 saturated heterocycles. The predicted molar refractivity (Wildman–Crippen MR) is 126 cm³/mol. The topological polar surface area (TPSA) is 116 Å². The van der Waals surface area contributed by atoms with E-state index in [1.807, 2.05) is 4.90 Å². The van der Waals surface area contributed by atoms with Crippen LogP contribution in [0.2, 0.25) is 0 Å². The van der Waals surface area contributed by atoms with E-state index in [4.69, 9.17) is 14.6 Å². The molecule has 13 heteroatoms. The SMILES string of the molecule is COc1ccc(S(=O)(=O)N(CCC(=O)N2CCNCC2)C2CCCCCC2)cc1.O=C(O)C(F)(F)F. The Morgan fingerprint density at radius 3 is 2.08 bits per heavy atom. The van der Waals surface area contributed by atoms with Crippen LogP contribution in [0.25, 0.3) is 0 Å². The van der Waals surface area contributed by atoms with E-state index in [0.29, 0.717) is 18.8 Å². The van der Waals surface area contributed by atoms with Gasteiger partial charge in [0.1, 0.15) is 5.75 Å². The van der Waals surface area contributed by atoms with Gasteiger partial charge in [-0.1, -0.05) is 25.7 Å². The van der Waals surface area contributed by atoms with E-state index in [9.17, 15) is 26.4 Å². The number of methoxy groups -OCH3 is 1. The lowest BCUT2D eigenvalue weighted by Crippen LogP contribution is -2.48. The molecule has 0 atom stereocenters. The normalized spacial score (nSPS) is 17.6. The molecule has 0 aromatic heterocycles. The van der Waals surface area contributed by atoms with Gasteiger partial charge in [-0.05, 0) is 37.1 Å². The fourth-order valence-corrected chi connectivity index (χ4v) is 5.89. The van der Waals surface area contributed by atoms with Crippen LogP contribution in [0, 0.1) is 0 Å². The summed E-state index contributed by atoms with van der Waals surface area (Å²) in [6.07, 6.45) is 1.22. The highest BCUT2D eigenvalue weighted by molar-refractivity contribution is 7.89. The number of carboxylic acid groups (broad SMARTS) is 1. The van der Waals surface area contributed by atoms with Crippen molar-refractivity contribution in [2.24, 2.45) is 0 Å². The quantitative estimate of drug-likeness (QED) is 0.514. The lowest BCUT2D eigenvalue weighted by atomic mass is 10.1. The number of carbonyl (C=O) groups excluding carboxylic acids is 1. The molecule has 2 aliphatic rings. The number of sulfonamides is 1. The number of piperazine rings is 1. The minimum Gasteiger partial charge on any atom is -0.497 e. The van der Waals surface area contributed by atoms with Gasteiger partial charge in [-0.25, -0.2) is 13.2 Å². The minimum atomic E-state index is -5.08. The average molecular weight is 538 g/mol. The Hall–Kier alpha value is -2.38. The van der Waals surface area contributed by atoms with Gasteiger partial charge in [-0.2, -0.15) is 17.5 Å². The van der Waals surface area contributed by atoms with E-state index >= 15 is 0 Å². The number of alkyl halides is 3. The second-order valence-corrected chi connectivity index (χ2v) is 10.5. The van der Waals surface area contributed by atoms with Crippen molar-refractivity contribution in [3.05, 3.63) is 24.3 Å². The first-order valence-electron chi connectivity index (χ1n) is 11.9. The molecule has 1 saturated carbocycles. The van der Waals surface area contributed by atoms with Crippen LogP contribution < -0.4 is 10.1 Å². The van der Waals surface area contributed by atoms with Crippen LogP contribution in [-0.4, -0.2) is 86.7 Å². The Balaban J connectivity index is 0.000000572. The Labute approximate surface area is 209 Å². The van der Waals surface area contributed by atoms with Gasteiger partial charge in [0.2, 0.25) is 15.9 Å². The zero-order chi connectivity index (χ0) is 26.8. The average Bonchev–Trinajstić information content (AvgIpc) is 3.14. The van der Waals surface area contributed by atoms with E-state index in [0.717, 1.165) is 51.6 Å². The Kier molecular flexibility index (Phi) is 11.4. The van der Waals surface area contributed by atoms with E-state index in [1.54, 1.807) is 35.7 Å². The highest BCUT2D eigenvalue weighted by Gasteiger charge is 2.38. The van der Waals surface area contributed by atoms with Crippen molar-refractivity contribution in [1.82, 2.24) is 14.5 Å². The van der Waals surface area contributed by atoms with Crippen molar-refractivity contribution in [2.75, 3.05) is 39.8 Å². The van der Waals surface area contributed by atoms with E-state index in [-0.39, 0.29) is 29.8 Å². The first-order chi connectivity index (χ1) is 17.0. The van der Waals surface area contributed by atoms with Crippen molar-refractivity contribution in [1.29, 1.82) is 0 Å². The summed E-state index contributed by atoms with van der Waals surface area (Å²) in [5.74, 6) is -2.10. The predicted octanol–water partition coefficient (Wildman–Crippen LogP) is 2.86. The lowest BCUT2D eigenvalue weighted by Gasteiger charge is -2.32. The molecule has 2 N–H and O–H groups in total. The first kappa shape index (κ1) is 29.8. The van der Waals surface area contributed by atoms with Crippen LogP contribution in [0.3, 0.4) is 0 Å². The molecule has 3 rings (SSSR count).